The maximum absolute atomic E-state index is 3.57. The topological polar surface area (TPSA) is 0 Å². The summed E-state index contributed by atoms with van der Waals surface area (Å²) in [5, 5.41) is 0. The summed E-state index contributed by atoms with van der Waals surface area (Å²) in [7, 11) is 0. The van der Waals surface area contributed by atoms with Crippen molar-refractivity contribution in [2.45, 2.75) is 39.0 Å². The van der Waals surface area contributed by atoms with Crippen molar-refractivity contribution in [1.82, 2.24) is 0 Å². The molecule has 0 heterocycles. The highest BCUT2D eigenvalue weighted by Gasteiger charge is 2.04. The number of hydrogen-bond acceptors (Lipinski definition) is 0. The van der Waals surface area contributed by atoms with Crippen LogP contribution in [0, 0.1) is 0 Å². The van der Waals surface area contributed by atoms with Crippen molar-refractivity contribution in [3.63, 3.8) is 0 Å². The molecule has 0 nitrogen and oxygen atoms in total. The second-order valence-electron chi connectivity index (χ2n) is 4.28. The molecule has 1 fully saturated rings. The van der Waals surface area contributed by atoms with Crippen LogP contribution in [0.1, 0.15) is 44.6 Å². The summed E-state index contributed by atoms with van der Waals surface area (Å²) in [6.07, 6.45) is 6.61. The van der Waals surface area contributed by atoms with Gasteiger partial charge in [0.15, 0.2) is 0 Å². The first-order chi connectivity index (χ1) is 7.36. The number of rotatable bonds is 1. The van der Waals surface area contributed by atoms with Crippen LogP contribution in [0.3, 0.4) is 0 Å². The summed E-state index contributed by atoms with van der Waals surface area (Å²) in [5.74, 6) is 0. The second kappa shape index (κ2) is 5.00. The van der Waals surface area contributed by atoms with Crippen LogP contribution >= 0.6 is 0 Å². The lowest BCUT2D eigenvalue weighted by Gasteiger charge is -2.11. The SMILES string of the molecule is CC(=C=C1CCCCC1)c1ccccc1. The van der Waals surface area contributed by atoms with E-state index in [4.69, 9.17) is 0 Å². The maximum Gasteiger partial charge on any atom is -0.00195 e. The van der Waals surface area contributed by atoms with Gasteiger partial charge in [0.2, 0.25) is 0 Å². The molecule has 0 aromatic heterocycles. The summed E-state index contributed by atoms with van der Waals surface area (Å²) in [6, 6.07) is 10.6. The molecule has 0 spiro atoms. The Morgan fingerprint density at radius 3 is 2.33 bits per heavy atom. The van der Waals surface area contributed by atoms with E-state index in [2.05, 4.69) is 43.0 Å². The monoisotopic (exact) mass is 198 g/mol. The van der Waals surface area contributed by atoms with Gasteiger partial charge in [0, 0.05) is 0 Å². The molecule has 0 aliphatic heterocycles. The van der Waals surface area contributed by atoms with Gasteiger partial charge in [-0.25, -0.2) is 0 Å². The molecule has 0 N–H and O–H groups in total. The Hall–Kier alpha value is -1.26. The van der Waals surface area contributed by atoms with E-state index in [9.17, 15) is 0 Å². The first kappa shape index (κ1) is 10.3. The van der Waals surface area contributed by atoms with Gasteiger partial charge in [-0.15, -0.1) is 5.73 Å². The van der Waals surface area contributed by atoms with Gasteiger partial charge in [-0.3, -0.25) is 0 Å². The van der Waals surface area contributed by atoms with Gasteiger partial charge in [0.1, 0.15) is 0 Å². The molecule has 0 heteroatoms. The van der Waals surface area contributed by atoms with E-state index in [-0.39, 0.29) is 0 Å². The molecule has 0 bridgehead atoms. The summed E-state index contributed by atoms with van der Waals surface area (Å²) in [4.78, 5) is 0. The Kier molecular flexibility index (Phi) is 3.42. The molecule has 1 saturated carbocycles. The third-order valence-electron chi connectivity index (χ3n) is 3.03. The van der Waals surface area contributed by atoms with Crippen LogP contribution in [0.25, 0.3) is 5.57 Å². The predicted octanol–water partition coefficient (Wildman–Crippen LogP) is 4.58. The molecule has 0 saturated heterocycles. The van der Waals surface area contributed by atoms with Crippen molar-refractivity contribution in [1.29, 1.82) is 0 Å². The van der Waals surface area contributed by atoms with Gasteiger partial charge in [-0.1, -0.05) is 36.8 Å². The first-order valence-electron chi connectivity index (χ1n) is 5.87. The predicted molar refractivity (Wildman–Crippen MR) is 65.6 cm³/mol. The number of hydrogen-bond donors (Lipinski definition) is 0. The summed E-state index contributed by atoms with van der Waals surface area (Å²) >= 11 is 0. The molecular formula is C15H18. The molecule has 78 valence electrons. The summed E-state index contributed by atoms with van der Waals surface area (Å²) < 4.78 is 0. The fraction of sp³-hybridized carbons (Fsp3) is 0.400. The van der Waals surface area contributed by atoms with Crippen LogP contribution in [-0.2, 0) is 0 Å². The van der Waals surface area contributed by atoms with Crippen molar-refractivity contribution >= 4 is 5.57 Å². The van der Waals surface area contributed by atoms with Gasteiger partial charge in [-0.2, -0.15) is 0 Å². The van der Waals surface area contributed by atoms with Crippen LogP contribution < -0.4 is 0 Å². The van der Waals surface area contributed by atoms with Crippen molar-refractivity contribution in [2.24, 2.45) is 0 Å². The Labute approximate surface area is 92.3 Å². The molecule has 0 unspecified atom stereocenters. The molecule has 0 amide bonds. The van der Waals surface area contributed by atoms with E-state index in [0.717, 1.165) is 0 Å². The van der Waals surface area contributed by atoms with E-state index < -0.39 is 0 Å². The molecule has 0 radical (unpaired) electrons. The van der Waals surface area contributed by atoms with Crippen molar-refractivity contribution in [3.8, 4) is 0 Å². The van der Waals surface area contributed by atoms with Gasteiger partial charge in [-0.05, 0) is 49.3 Å². The molecule has 0 atom stereocenters. The number of allylic oxidation sites excluding steroid dienone is 1. The zero-order valence-electron chi connectivity index (χ0n) is 9.42. The molecule has 1 aliphatic rings. The lowest BCUT2D eigenvalue weighted by atomic mass is 9.94. The lowest BCUT2D eigenvalue weighted by molar-refractivity contribution is 0.600. The highest BCUT2D eigenvalue weighted by Crippen LogP contribution is 2.23. The normalized spacial score (nSPS) is 15.9. The van der Waals surface area contributed by atoms with Crippen LogP contribution in [0.2, 0.25) is 0 Å². The summed E-state index contributed by atoms with van der Waals surface area (Å²) in [6.45, 7) is 2.16. The van der Waals surface area contributed by atoms with Gasteiger partial charge in [0.05, 0.1) is 0 Å². The maximum atomic E-state index is 3.57. The minimum atomic E-state index is 1.25. The van der Waals surface area contributed by atoms with Crippen molar-refractivity contribution < 1.29 is 0 Å². The molecule has 15 heavy (non-hydrogen) atoms. The highest BCUT2D eigenvalue weighted by atomic mass is 14.1. The number of benzene rings is 1. The summed E-state index contributed by atoms with van der Waals surface area (Å²) in [5.41, 5.74) is 7.67. The van der Waals surface area contributed by atoms with Crippen molar-refractivity contribution in [3.05, 3.63) is 47.2 Å². The van der Waals surface area contributed by atoms with Gasteiger partial charge in [0.25, 0.3) is 0 Å². The van der Waals surface area contributed by atoms with E-state index in [0.29, 0.717) is 0 Å². The zero-order chi connectivity index (χ0) is 10.5. The molecule has 1 aromatic carbocycles. The first-order valence-corrected chi connectivity index (χ1v) is 5.87. The molecular weight excluding hydrogens is 180 g/mol. The van der Waals surface area contributed by atoms with E-state index in [1.165, 1.54) is 48.8 Å². The van der Waals surface area contributed by atoms with E-state index >= 15 is 0 Å². The minimum Gasteiger partial charge on any atom is -0.118 e. The Morgan fingerprint density at radius 1 is 1.00 bits per heavy atom. The standard InChI is InChI=1S/C15H18/c1-13(15-10-6-3-7-11-15)12-14-8-4-2-5-9-14/h3,6-7,10-11H,2,4-5,8-9H2,1H3. The average Bonchev–Trinajstić information content (AvgIpc) is 2.31. The molecule has 1 aliphatic carbocycles. The van der Waals surface area contributed by atoms with Gasteiger partial charge < -0.3 is 0 Å². The third-order valence-corrected chi connectivity index (χ3v) is 3.03. The van der Waals surface area contributed by atoms with Crippen molar-refractivity contribution in [2.75, 3.05) is 0 Å². The molecule has 2 rings (SSSR count). The quantitative estimate of drug-likeness (QED) is 0.579. The van der Waals surface area contributed by atoms with E-state index in [1.807, 2.05) is 0 Å². The van der Waals surface area contributed by atoms with Crippen LogP contribution in [0.5, 0.6) is 0 Å². The smallest absolute Gasteiger partial charge is 0.00195 e. The largest absolute Gasteiger partial charge is 0.118 e. The van der Waals surface area contributed by atoms with Crippen LogP contribution in [0.4, 0.5) is 0 Å². The molecule has 1 aromatic rings. The van der Waals surface area contributed by atoms with Crippen LogP contribution in [0.15, 0.2) is 41.6 Å². The minimum absolute atomic E-state index is 1.25. The third kappa shape index (κ3) is 2.84. The Bertz CT molecular complexity index is 370. The second-order valence-corrected chi connectivity index (χ2v) is 4.28. The van der Waals surface area contributed by atoms with E-state index in [1.54, 1.807) is 0 Å². The zero-order valence-corrected chi connectivity index (χ0v) is 9.42. The van der Waals surface area contributed by atoms with Crippen LogP contribution in [-0.4, -0.2) is 0 Å². The highest BCUT2D eigenvalue weighted by molar-refractivity contribution is 5.63. The fourth-order valence-corrected chi connectivity index (χ4v) is 2.13. The Balaban J connectivity index is 2.26. The van der Waals surface area contributed by atoms with Gasteiger partial charge >= 0.3 is 0 Å². The lowest BCUT2D eigenvalue weighted by Crippen LogP contribution is -1.92. The average molecular weight is 198 g/mol. The fourth-order valence-electron chi connectivity index (χ4n) is 2.13. The Morgan fingerprint density at radius 2 is 1.67 bits per heavy atom.